The number of hydrogen-bond donors (Lipinski definition) is 2. The lowest BCUT2D eigenvalue weighted by molar-refractivity contribution is 0.242. The average Bonchev–Trinajstić information content (AvgIpc) is 2.94. The molecule has 0 radical (unpaired) electrons. The SMILES string of the molecule is C=NC(C(=N)N1CCc2cc(OC(C)C)ccc21)=C(NC)SC. The van der Waals surface area contributed by atoms with Crippen LogP contribution in [0.2, 0.25) is 0 Å². The highest BCUT2D eigenvalue weighted by Crippen LogP contribution is 2.33. The van der Waals surface area contributed by atoms with E-state index < -0.39 is 0 Å². The van der Waals surface area contributed by atoms with Gasteiger partial charge in [0, 0.05) is 19.3 Å². The average molecular weight is 332 g/mol. The minimum Gasteiger partial charge on any atom is -0.491 e. The van der Waals surface area contributed by atoms with Gasteiger partial charge >= 0.3 is 0 Å². The number of nitrogens with one attached hydrogen (secondary N) is 2. The molecule has 0 aliphatic carbocycles. The first-order chi connectivity index (χ1) is 11.0. The summed E-state index contributed by atoms with van der Waals surface area (Å²) < 4.78 is 5.75. The molecule has 124 valence electrons. The number of fused-ring (bicyclic) bond motifs is 1. The van der Waals surface area contributed by atoms with Gasteiger partial charge in [-0.15, -0.1) is 11.8 Å². The zero-order chi connectivity index (χ0) is 17.0. The molecule has 2 rings (SSSR count). The zero-order valence-corrected chi connectivity index (χ0v) is 15.0. The fraction of sp³-hybridized carbons (Fsp3) is 0.412. The molecule has 0 saturated heterocycles. The molecule has 0 atom stereocenters. The lowest BCUT2D eigenvalue weighted by Gasteiger charge is -2.22. The third-order valence-corrected chi connectivity index (χ3v) is 4.42. The Morgan fingerprint density at radius 3 is 2.78 bits per heavy atom. The molecular formula is C17H24N4OS. The van der Waals surface area contributed by atoms with E-state index in [1.807, 2.05) is 44.2 Å². The number of amidine groups is 1. The topological polar surface area (TPSA) is 60.7 Å². The van der Waals surface area contributed by atoms with E-state index in [2.05, 4.69) is 23.1 Å². The molecule has 1 aliphatic rings. The third kappa shape index (κ3) is 3.69. The van der Waals surface area contributed by atoms with Gasteiger partial charge in [0.05, 0.1) is 11.1 Å². The van der Waals surface area contributed by atoms with Crippen LogP contribution in [0.4, 0.5) is 5.69 Å². The Morgan fingerprint density at radius 2 is 2.22 bits per heavy atom. The smallest absolute Gasteiger partial charge is 0.154 e. The van der Waals surface area contributed by atoms with Gasteiger partial charge in [0.1, 0.15) is 11.4 Å². The highest BCUT2D eigenvalue weighted by atomic mass is 32.2. The van der Waals surface area contributed by atoms with Crippen LogP contribution in [0.3, 0.4) is 0 Å². The summed E-state index contributed by atoms with van der Waals surface area (Å²) in [5.41, 5.74) is 2.82. The Labute approximate surface area is 142 Å². The number of rotatable bonds is 6. The second kappa shape index (κ2) is 7.55. The number of thioether (sulfide) groups is 1. The highest BCUT2D eigenvalue weighted by Gasteiger charge is 2.26. The van der Waals surface area contributed by atoms with E-state index in [9.17, 15) is 0 Å². The molecule has 0 amide bonds. The third-order valence-electron chi connectivity index (χ3n) is 3.62. The molecule has 1 heterocycles. The van der Waals surface area contributed by atoms with Gasteiger partial charge in [0.2, 0.25) is 0 Å². The molecule has 6 heteroatoms. The Bertz CT molecular complexity index is 633. The van der Waals surface area contributed by atoms with Crippen molar-refractivity contribution in [3.05, 3.63) is 34.5 Å². The van der Waals surface area contributed by atoms with E-state index >= 15 is 0 Å². The summed E-state index contributed by atoms with van der Waals surface area (Å²) in [6, 6.07) is 6.05. The first-order valence-corrected chi connectivity index (χ1v) is 8.83. The highest BCUT2D eigenvalue weighted by molar-refractivity contribution is 8.02. The standard InChI is InChI=1S/C17H24N4OS/c1-11(2)22-13-6-7-14-12(10-13)8-9-21(14)16(18)15(19-3)17(20-4)23-5/h6-7,10-11,18,20H,3,8-9H2,1-2,4-5H3. The van der Waals surface area contributed by atoms with Crippen molar-refractivity contribution in [1.29, 1.82) is 5.41 Å². The number of ether oxygens (including phenoxy) is 1. The molecule has 2 N–H and O–H groups in total. The summed E-state index contributed by atoms with van der Waals surface area (Å²) in [4.78, 5) is 6.04. The molecule has 1 aromatic carbocycles. The molecular weight excluding hydrogens is 308 g/mol. The van der Waals surface area contributed by atoms with Gasteiger partial charge in [0.15, 0.2) is 5.84 Å². The number of aliphatic imine (C=N–C) groups is 1. The zero-order valence-electron chi connectivity index (χ0n) is 14.1. The van der Waals surface area contributed by atoms with E-state index in [0.29, 0.717) is 11.5 Å². The predicted octanol–water partition coefficient (Wildman–Crippen LogP) is 3.27. The molecule has 0 spiro atoms. The molecule has 23 heavy (non-hydrogen) atoms. The molecule has 0 bridgehead atoms. The summed E-state index contributed by atoms with van der Waals surface area (Å²) in [5, 5.41) is 12.5. The summed E-state index contributed by atoms with van der Waals surface area (Å²) >= 11 is 1.53. The second-order valence-electron chi connectivity index (χ2n) is 5.50. The lowest BCUT2D eigenvalue weighted by atomic mass is 10.1. The van der Waals surface area contributed by atoms with Gasteiger partial charge in [-0.05, 0) is 57.0 Å². The molecule has 0 fully saturated rings. The summed E-state index contributed by atoms with van der Waals surface area (Å²) in [6.07, 6.45) is 3.01. The molecule has 0 aromatic heterocycles. The minimum atomic E-state index is 0.156. The Balaban J connectivity index is 2.30. The second-order valence-corrected chi connectivity index (χ2v) is 6.31. The van der Waals surface area contributed by atoms with Crippen LogP contribution < -0.4 is 15.0 Å². The van der Waals surface area contributed by atoms with Gasteiger partial charge < -0.3 is 15.0 Å². The maximum atomic E-state index is 8.53. The van der Waals surface area contributed by atoms with E-state index in [1.54, 1.807) is 0 Å². The minimum absolute atomic E-state index is 0.156. The summed E-state index contributed by atoms with van der Waals surface area (Å²) in [5.74, 6) is 1.25. The summed E-state index contributed by atoms with van der Waals surface area (Å²) in [7, 11) is 1.83. The van der Waals surface area contributed by atoms with Crippen LogP contribution in [-0.4, -0.2) is 38.5 Å². The van der Waals surface area contributed by atoms with Crippen molar-refractivity contribution in [3.63, 3.8) is 0 Å². The largest absolute Gasteiger partial charge is 0.491 e. The van der Waals surface area contributed by atoms with Gasteiger partial charge in [-0.1, -0.05) is 0 Å². The quantitative estimate of drug-likeness (QED) is 0.620. The van der Waals surface area contributed by atoms with Crippen LogP contribution in [0.1, 0.15) is 19.4 Å². The fourth-order valence-electron chi connectivity index (χ4n) is 2.66. The predicted molar refractivity (Wildman–Crippen MR) is 100 cm³/mol. The maximum absolute atomic E-state index is 8.53. The van der Waals surface area contributed by atoms with Crippen LogP contribution in [0.25, 0.3) is 0 Å². The Hall–Kier alpha value is -1.95. The van der Waals surface area contributed by atoms with Gasteiger partial charge in [-0.25, -0.2) is 0 Å². The van der Waals surface area contributed by atoms with Crippen molar-refractivity contribution in [2.75, 3.05) is 24.7 Å². The van der Waals surface area contributed by atoms with Crippen LogP contribution in [0.5, 0.6) is 5.75 Å². The fourth-order valence-corrected chi connectivity index (χ4v) is 3.21. The maximum Gasteiger partial charge on any atom is 0.154 e. The Kier molecular flexibility index (Phi) is 5.71. The van der Waals surface area contributed by atoms with Crippen molar-refractivity contribution in [3.8, 4) is 5.75 Å². The van der Waals surface area contributed by atoms with Gasteiger partial charge in [0.25, 0.3) is 0 Å². The van der Waals surface area contributed by atoms with E-state index in [4.69, 9.17) is 10.1 Å². The van der Waals surface area contributed by atoms with Crippen LogP contribution in [-0.2, 0) is 6.42 Å². The van der Waals surface area contributed by atoms with Gasteiger partial charge in [-0.2, -0.15) is 0 Å². The number of benzene rings is 1. The van der Waals surface area contributed by atoms with Crippen molar-refractivity contribution in [2.24, 2.45) is 4.99 Å². The first-order valence-electron chi connectivity index (χ1n) is 7.60. The Morgan fingerprint density at radius 1 is 1.48 bits per heavy atom. The lowest BCUT2D eigenvalue weighted by Crippen LogP contribution is -2.30. The van der Waals surface area contributed by atoms with E-state index in [0.717, 1.165) is 29.4 Å². The van der Waals surface area contributed by atoms with E-state index in [1.165, 1.54) is 17.3 Å². The molecule has 5 nitrogen and oxygen atoms in total. The van der Waals surface area contributed by atoms with Crippen LogP contribution in [0, 0.1) is 5.41 Å². The van der Waals surface area contributed by atoms with Crippen LogP contribution >= 0.6 is 11.8 Å². The van der Waals surface area contributed by atoms with Crippen LogP contribution in [0.15, 0.2) is 33.9 Å². The van der Waals surface area contributed by atoms with Crippen molar-refractivity contribution < 1.29 is 4.74 Å². The normalized spacial score (nSPS) is 14.4. The number of hydrogen-bond acceptors (Lipinski definition) is 5. The molecule has 1 aliphatic heterocycles. The number of anilines is 1. The van der Waals surface area contributed by atoms with Crippen molar-refractivity contribution in [1.82, 2.24) is 5.32 Å². The van der Waals surface area contributed by atoms with Crippen molar-refractivity contribution in [2.45, 2.75) is 26.4 Å². The molecule has 0 unspecified atom stereocenters. The summed E-state index contributed by atoms with van der Waals surface area (Å²) in [6.45, 7) is 8.43. The first kappa shape index (κ1) is 17.4. The van der Waals surface area contributed by atoms with Crippen molar-refractivity contribution >= 4 is 30.0 Å². The van der Waals surface area contributed by atoms with E-state index in [-0.39, 0.29) is 6.10 Å². The van der Waals surface area contributed by atoms with Gasteiger partial charge in [-0.3, -0.25) is 10.4 Å². The molecule has 1 aromatic rings. The monoisotopic (exact) mass is 332 g/mol. The number of nitrogens with zero attached hydrogens (tertiary/aromatic N) is 2. The molecule has 0 saturated carbocycles.